The SMILES string of the molecule is C.CN1Cc2ccccc2C1=O.COc1c(CO)ccc2c1C(=O)N(C)C2. The normalized spacial score (nSPS) is 14.2. The molecule has 6 nitrogen and oxygen atoms in total. The largest absolute Gasteiger partial charge is 0.496 e. The lowest BCUT2D eigenvalue weighted by Crippen LogP contribution is -2.18. The fraction of sp³-hybridized carbons (Fsp3) is 0.333. The van der Waals surface area contributed by atoms with Crippen LogP contribution in [0.15, 0.2) is 36.4 Å². The number of benzene rings is 2. The van der Waals surface area contributed by atoms with Gasteiger partial charge in [-0.25, -0.2) is 0 Å². The zero-order valence-corrected chi connectivity index (χ0v) is 15.2. The molecule has 27 heavy (non-hydrogen) atoms. The van der Waals surface area contributed by atoms with Gasteiger partial charge >= 0.3 is 0 Å². The summed E-state index contributed by atoms with van der Waals surface area (Å²) in [6.45, 7) is 1.25. The first kappa shape index (κ1) is 20.5. The number of hydrogen-bond acceptors (Lipinski definition) is 4. The van der Waals surface area contributed by atoms with Crippen LogP contribution in [-0.4, -0.2) is 47.9 Å². The first-order valence-corrected chi connectivity index (χ1v) is 8.36. The van der Waals surface area contributed by atoms with Gasteiger partial charge in [0.05, 0.1) is 19.3 Å². The highest BCUT2D eigenvalue weighted by Crippen LogP contribution is 2.33. The van der Waals surface area contributed by atoms with Gasteiger partial charge in [0.2, 0.25) is 0 Å². The summed E-state index contributed by atoms with van der Waals surface area (Å²) in [7, 11) is 5.09. The van der Waals surface area contributed by atoms with Gasteiger partial charge in [0.15, 0.2) is 0 Å². The molecular formula is C21H26N2O4. The van der Waals surface area contributed by atoms with Crippen molar-refractivity contribution in [3.63, 3.8) is 0 Å². The molecule has 0 atom stereocenters. The number of carbonyl (C=O) groups is 2. The number of aliphatic hydroxyl groups is 1. The molecule has 2 heterocycles. The topological polar surface area (TPSA) is 70.1 Å². The van der Waals surface area contributed by atoms with E-state index in [1.54, 1.807) is 22.9 Å². The van der Waals surface area contributed by atoms with Gasteiger partial charge in [-0.05, 0) is 17.2 Å². The van der Waals surface area contributed by atoms with Crippen LogP contribution in [0.25, 0.3) is 0 Å². The number of nitrogens with zero attached hydrogens (tertiary/aromatic N) is 2. The van der Waals surface area contributed by atoms with Crippen molar-refractivity contribution >= 4 is 11.8 Å². The molecule has 144 valence electrons. The van der Waals surface area contributed by atoms with Crippen LogP contribution < -0.4 is 4.74 Å². The highest BCUT2D eigenvalue weighted by atomic mass is 16.5. The lowest BCUT2D eigenvalue weighted by Gasteiger charge is -2.10. The third kappa shape index (κ3) is 3.66. The smallest absolute Gasteiger partial charge is 0.258 e. The second kappa shape index (κ2) is 8.22. The van der Waals surface area contributed by atoms with Crippen LogP contribution in [0.5, 0.6) is 5.75 Å². The molecule has 0 fully saturated rings. The maximum absolute atomic E-state index is 11.8. The summed E-state index contributed by atoms with van der Waals surface area (Å²) in [5.41, 5.74) is 4.19. The Balaban J connectivity index is 0.000000194. The van der Waals surface area contributed by atoms with E-state index in [4.69, 9.17) is 9.84 Å². The van der Waals surface area contributed by atoms with Gasteiger partial charge in [0.1, 0.15) is 5.75 Å². The van der Waals surface area contributed by atoms with E-state index in [0.29, 0.717) is 23.4 Å². The van der Waals surface area contributed by atoms with E-state index in [1.165, 1.54) is 7.11 Å². The van der Waals surface area contributed by atoms with Crippen molar-refractivity contribution in [1.29, 1.82) is 0 Å². The molecule has 6 heteroatoms. The summed E-state index contributed by atoms with van der Waals surface area (Å²) >= 11 is 0. The number of fused-ring (bicyclic) bond motifs is 2. The molecule has 2 aromatic carbocycles. The molecule has 0 aliphatic carbocycles. The van der Waals surface area contributed by atoms with E-state index in [2.05, 4.69) is 0 Å². The molecular weight excluding hydrogens is 344 g/mol. The Morgan fingerprint density at radius 1 is 0.963 bits per heavy atom. The molecule has 0 aromatic heterocycles. The predicted octanol–water partition coefficient (Wildman–Crippen LogP) is 2.68. The van der Waals surface area contributed by atoms with Crippen LogP contribution in [0.1, 0.15) is 44.8 Å². The Labute approximate surface area is 160 Å². The van der Waals surface area contributed by atoms with Gasteiger partial charge in [0.25, 0.3) is 11.8 Å². The molecule has 2 amide bonds. The number of carbonyl (C=O) groups excluding carboxylic acids is 2. The molecule has 2 aliphatic heterocycles. The molecule has 2 aliphatic rings. The molecule has 0 radical (unpaired) electrons. The van der Waals surface area contributed by atoms with Crippen molar-refractivity contribution in [2.24, 2.45) is 0 Å². The third-order valence-electron chi connectivity index (χ3n) is 4.67. The van der Waals surface area contributed by atoms with E-state index in [9.17, 15) is 9.59 Å². The lowest BCUT2D eigenvalue weighted by molar-refractivity contribution is 0.0807. The summed E-state index contributed by atoms with van der Waals surface area (Å²) < 4.78 is 5.19. The Morgan fingerprint density at radius 2 is 1.59 bits per heavy atom. The highest BCUT2D eigenvalue weighted by molar-refractivity contribution is 6.01. The average molecular weight is 370 g/mol. The summed E-state index contributed by atoms with van der Waals surface area (Å²) in [6.07, 6.45) is 0. The van der Waals surface area contributed by atoms with Crippen LogP contribution >= 0.6 is 0 Å². The first-order chi connectivity index (χ1) is 12.5. The van der Waals surface area contributed by atoms with Crippen LogP contribution in [0.2, 0.25) is 0 Å². The van der Waals surface area contributed by atoms with Crippen molar-refractivity contribution in [3.05, 3.63) is 64.2 Å². The summed E-state index contributed by atoms with van der Waals surface area (Å²) in [5, 5.41) is 9.13. The van der Waals surface area contributed by atoms with Gasteiger partial charge in [-0.2, -0.15) is 0 Å². The van der Waals surface area contributed by atoms with E-state index in [-0.39, 0.29) is 25.8 Å². The third-order valence-corrected chi connectivity index (χ3v) is 4.67. The number of ether oxygens (including phenoxy) is 1. The molecule has 0 unspecified atom stereocenters. The second-order valence-corrected chi connectivity index (χ2v) is 6.43. The Kier molecular flexibility index (Phi) is 6.23. The van der Waals surface area contributed by atoms with Gasteiger partial charge in [0, 0.05) is 38.3 Å². The maximum atomic E-state index is 11.8. The van der Waals surface area contributed by atoms with E-state index < -0.39 is 0 Å². The summed E-state index contributed by atoms with van der Waals surface area (Å²) in [5.74, 6) is 0.599. The van der Waals surface area contributed by atoms with Crippen molar-refractivity contribution in [2.75, 3.05) is 21.2 Å². The quantitative estimate of drug-likeness (QED) is 0.882. The van der Waals surface area contributed by atoms with Crippen molar-refractivity contribution in [3.8, 4) is 5.75 Å². The van der Waals surface area contributed by atoms with Gasteiger partial charge in [-0.3, -0.25) is 9.59 Å². The number of hydrogen-bond donors (Lipinski definition) is 1. The van der Waals surface area contributed by atoms with Crippen LogP contribution in [0.3, 0.4) is 0 Å². The van der Waals surface area contributed by atoms with E-state index in [0.717, 1.165) is 23.2 Å². The Morgan fingerprint density at radius 3 is 2.22 bits per heavy atom. The molecule has 0 spiro atoms. The highest BCUT2D eigenvalue weighted by Gasteiger charge is 2.29. The predicted molar refractivity (Wildman–Crippen MR) is 104 cm³/mol. The molecule has 0 bridgehead atoms. The number of amides is 2. The van der Waals surface area contributed by atoms with E-state index in [1.807, 2.05) is 37.4 Å². The number of methoxy groups -OCH3 is 1. The van der Waals surface area contributed by atoms with Crippen LogP contribution in [0, 0.1) is 0 Å². The minimum Gasteiger partial charge on any atom is -0.496 e. The van der Waals surface area contributed by atoms with Crippen molar-refractivity contribution in [1.82, 2.24) is 9.80 Å². The molecule has 1 N–H and O–H groups in total. The van der Waals surface area contributed by atoms with Crippen molar-refractivity contribution in [2.45, 2.75) is 27.1 Å². The Bertz CT molecular complexity index is 863. The first-order valence-electron chi connectivity index (χ1n) is 8.36. The second-order valence-electron chi connectivity index (χ2n) is 6.43. The van der Waals surface area contributed by atoms with Gasteiger partial charge in [-0.1, -0.05) is 37.8 Å². The fourth-order valence-corrected chi connectivity index (χ4v) is 3.31. The van der Waals surface area contributed by atoms with Crippen LogP contribution in [0.4, 0.5) is 0 Å². The van der Waals surface area contributed by atoms with Gasteiger partial charge < -0.3 is 19.6 Å². The average Bonchev–Trinajstić information content (AvgIpc) is 3.11. The molecule has 4 rings (SSSR count). The Hall–Kier alpha value is -2.86. The minimum atomic E-state index is -0.118. The standard InChI is InChI=1S/C11H13NO3.C9H9NO.CH4/c1-12-5-7-3-4-8(6-13)10(15-2)9(7)11(12)14;1-10-6-7-4-2-3-5-8(7)9(10)11;/h3-4,13H,5-6H2,1-2H3;2-5H,6H2,1H3;1H4. The van der Waals surface area contributed by atoms with E-state index >= 15 is 0 Å². The zero-order chi connectivity index (χ0) is 18.8. The molecule has 0 saturated heterocycles. The van der Waals surface area contributed by atoms with Crippen LogP contribution in [-0.2, 0) is 19.7 Å². The zero-order valence-electron chi connectivity index (χ0n) is 15.2. The lowest BCUT2D eigenvalue weighted by atomic mass is 10.0. The fourth-order valence-electron chi connectivity index (χ4n) is 3.31. The maximum Gasteiger partial charge on any atom is 0.258 e. The summed E-state index contributed by atoms with van der Waals surface area (Å²) in [6, 6.07) is 11.4. The molecule has 2 aromatic rings. The van der Waals surface area contributed by atoms with Crippen molar-refractivity contribution < 1.29 is 19.4 Å². The number of aliphatic hydroxyl groups excluding tert-OH is 1. The molecule has 0 saturated carbocycles. The van der Waals surface area contributed by atoms with Gasteiger partial charge in [-0.15, -0.1) is 0 Å². The number of rotatable bonds is 2. The monoisotopic (exact) mass is 370 g/mol. The summed E-state index contributed by atoms with van der Waals surface area (Å²) in [4.78, 5) is 26.5. The minimum absolute atomic E-state index is 0.